The summed E-state index contributed by atoms with van der Waals surface area (Å²) >= 11 is 6.27. The van der Waals surface area contributed by atoms with E-state index < -0.39 is 16.8 Å². The minimum absolute atomic E-state index is 0.0146. The molecule has 1 spiro atoms. The molecule has 1 aromatic carbocycles. The van der Waals surface area contributed by atoms with Gasteiger partial charge in [0.1, 0.15) is 0 Å². The molecule has 208 valence electrons. The molecule has 5 rings (SSSR count). The molecule has 3 aromatic rings. The van der Waals surface area contributed by atoms with E-state index in [1.54, 1.807) is 36.0 Å². The van der Waals surface area contributed by atoms with Crippen molar-refractivity contribution in [2.45, 2.75) is 64.5 Å². The number of anilines is 1. The molecule has 0 radical (unpaired) electrons. The van der Waals surface area contributed by atoms with Gasteiger partial charge in [0.2, 0.25) is 11.8 Å². The Morgan fingerprint density at radius 2 is 1.95 bits per heavy atom. The molecule has 10 heteroatoms. The van der Waals surface area contributed by atoms with Gasteiger partial charge >= 0.3 is 5.97 Å². The molecule has 40 heavy (non-hydrogen) atoms. The van der Waals surface area contributed by atoms with Gasteiger partial charge in [0.15, 0.2) is 0 Å². The Hall–Kier alpha value is -3.90. The van der Waals surface area contributed by atoms with Crippen molar-refractivity contribution in [3.63, 3.8) is 0 Å². The molecule has 0 unspecified atom stereocenters. The van der Waals surface area contributed by atoms with Crippen molar-refractivity contribution < 1.29 is 19.5 Å². The lowest BCUT2D eigenvalue weighted by atomic mass is 9.73. The van der Waals surface area contributed by atoms with Crippen LogP contribution in [0.5, 0.6) is 0 Å². The molecule has 2 aromatic heterocycles. The molecule has 9 nitrogen and oxygen atoms in total. The number of hydrogen-bond donors (Lipinski definition) is 1. The molecule has 0 atom stereocenters. The van der Waals surface area contributed by atoms with Gasteiger partial charge in [-0.25, -0.2) is 0 Å². The first-order valence-electron chi connectivity index (χ1n) is 13.5. The number of aromatic nitrogens is 2. The summed E-state index contributed by atoms with van der Waals surface area (Å²) in [5.74, 6) is -1.23. The third-order valence-corrected chi connectivity index (χ3v) is 8.51. The van der Waals surface area contributed by atoms with E-state index in [9.17, 15) is 19.5 Å². The Kier molecular flexibility index (Phi) is 7.32. The molecular formula is C30H32ClN5O4. The Balaban J connectivity index is 1.43. The van der Waals surface area contributed by atoms with E-state index in [1.165, 1.54) is 0 Å². The maximum Gasteiger partial charge on any atom is 0.304 e. The van der Waals surface area contributed by atoms with Crippen LogP contribution >= 0.6 is 11.6 Å². The van der Waals surface area contributed by atoms with E-state index in [0.717, 1.165) is 27.8 Å². The molecule has 0 saturated carbocycles. The molecule has 2 aliphatic rings. The standard InChI is InChI=1S/C30H32ClN5O4/c1-29(2,17-26(37)38)27(39)34-13-8-30(9-14-34)23-7-11-33-18-25(23)36(28(30)40)19-22-16-20-15-21(31)5-6-24(20)35(22)12-4-3-10-32/h5-7,11,15-16,18H,3-4,8-9,12-14,17,19H2,1-2H3,(H,37,38). The highest BCUT2D eigenvalue weighted by molar-refractivity contribution is 6.31. The van der Waals surface area contributed by atoms with Crippen molar-refractivity contribution in [1.82, 2.24) is 14.5 Å². The second kappa shape index (κ2) is 10.6. The number of aryl methyl sites for hydroxylation is 1. The molecule has 2 aliphatic heterocycles. The van der Waals surface area contributed by atoms with Gasteiger partial charge in [-0.1, -0.05) is 25.4 Å². The van der Waals surface area contributed by atoms with Crippen LogP contribution in [0.2, 0.25) is 5.02 Å². The fourth-order valence-corrected chi connectivity index (χ4v) is 6.46. The number of carbonyl (C=O) groups excluding carboxylic acids is 2. The quantitative estimate of drug-likeness (QED) is 0.391. The zero-order chi connectivity index (χ0) is 28.7. The third-order valence-electron chi connectivity index (χ3n) is 8.28. The Morgan fingerprint density at radius 3 is 2.65 bits per heavy atom. The zero-order valence-corrected chi connectivity index (χ0v) is 23.4. The van der Waals surface area contributed by atoms with Crippen LogP contribution in [0.15, 0.2) is 42.7 Å². The number of aliphatic carboxylic acids is 1. The number of halogens is 1. The number of hydrogen-bond acceptors (Lipinski definition) is 5. The number of nitriles is 1. The topological polar surface area (TPSA) is 120 Å². The maximum absolute atomic E-state index is 14.2. The Labute approximate surface area is 237 Å². The monoisotopic (exact) mass is 561 g/mol. The molecule has 1 fully saturated rings. The predicted molar refractivity (Wildman–Crippen MR) is 151 cm³/mol. The fraction of sp³-hybridized carbons (Fsp3) is 0.433. The number of carboxylic acids is 1. The number of rotatable bonds is 8. The van der Waals surface area contributed by atoms with Gasteiger partial charge in [0, 0.05) is 53.9 Å². The molecule has 2 amide bonds. The summed E-state index contributed by atoms with van der Waals surface area (Å²) in [6.07, 6.45) is 5.21. The second-order valence-corrected chi connectivity index (χ2v) is 11.8. The summed E-state index contributed by atoms with van der Waals surface area (Å²) in [4.78, 5) is 46.5. The van der Waals surface area contributed by atoms with Crippen LogP contribution in [0.3, 0.4) is 0 Å². The first-order valence-corrected chi connectivity index (χ1v) is 13.9. The lowest BCUT2D eigenvalue weighted by Gasteiger charge is -2.41. The fourth-order valence-electron chi connectivity index (χ4n) is 6.27. The summed E-state index contributed by atoms with van der Waals surface area (Å²) in [5, 5.41) is 19.9. The van der Waals surface area contributed by atoms with Crippen molar-refractivity contribution in [3.8, 4) is 6.07 Å². The van der Waals surface area contributed by atoms with E-state index in [1.807, 2.05) is 30.3 Å². The summed E-state index contributed by atoms with van der Waals surface area (Å²) in [6, 6.07) is 11.9. The van der Waals surface area contributed by atoms with E-state index in [0.29, 0.717) is 56.9 Å². The first kappa shape index (κ1) is 27.7. The normalized spacial score (nSPS) is 16.4. The first-order chi connectivity index (χ1) is 19.1. The number of piperidine rings is 1. The Bertz CT molecular complexity index is 1530. The highest BCUT2D eigenvalue weighted by Gasteiger charge is 2.53. The third kappa shape index (κ3) is 4.81. The van der Waals surface area contributed by atoms with Gasteiger partial charge in [0.25, 0.3) is 0 Å². The summed E-state index contributed by atoms with van der Waals surface area (Å²) in [5.41, 5.74) is 1.84. The molecule has 0 aliphatic carbocycles. The molecule has 4 heterocycles. The number of benzene rings is 1. The summed E-state index contributed by atoms with van der Waals surface area (Å²) in [6.45, 7) is 5.03. The number of likely N-dealkylation sites (tertiary alicyclic amines) is 1. The van der Waals surface area contributed by atoms with Crippen LogP contribution in [0.25, 0.3) is 10.9 Å². The van der Waals surface area contributed by atoms with Crippen molar-refractivity contribution in [2.75, 3.05) is 18.0 Å². The number of pyridine rings is 1. The van der Waals surface area contributed by atoms with Crippen molar-refractivity contribution in [2.24, 2.45) is 5.41 Å². The molecule has 0 bridgehead atoms. The van der Waals surface area contributed by atoms with Crippen LogP contribution < -0.4 is 4.90 Å². The number of unbranched alkanes of at least 4 members (excludes halogenated alkanes) is 1. The minimum atomic E-state index is -1.02. The number of carbonyl (C=O) groups is 3. The van der Waals surface area contributed by atoms with E-state index in [2.05, 4.69) is 15.6 Å². The lowest BCUT2D eigenvalue weighted by Crippen LogP contribution is -2.52. The maximum atomic E-state index is 14.2. The van der Waals surface area contributed by atoms with Crippen LogP contribution in [0, 0.1) is 16.7 Å². The van der Waals surface area contributed by atoms with Crippen molar-refractivity contribution in [3.05, 3.63) is 59.0 Å². The number of fused-ring (bicyclic) bond motifs is 3. The average molecular weight is 562 g/mol. The highest BCUT2D eigenvalue weighted by atomic mass is 35.5. The summed E-state index contributed by atoms with van der Waals surface area (Å²) in [7, 11) is 0. The van der Waals surface area contributed by atoms with Crippen LogP contribution in [-0.4, -0.2) is 50.4 Å². The van der Waals surface area contributed by atoms with Crippen LogP contribution in [0.4, 0.5) is 5.69 Å². The van der Waals surface area contributed by atoms with E-state index in [4.69, 9.17) is 16.9 Å². The lowest BCUT2D eigenvalue weighted by molar-refractivity contribution is -0.150. The second-order valence-electron chi connectivity index (χ2n) is 11.4. The van der Waals surface area contributed by atoms with Gasteiger partial charge in [0.05, 0.1) is 41.7 Å². The van der Waals surface area contributed by atoms with Crippen molar-refractivity contribution in [1.29, 1.82) is 5.26 Å². The Morgan fingerprint density at radius 1 is 1.20 bits per heavy atom. The van der Waals surface area contributed by atoms with E-state index >= 15 is 0 Å². The highest BCUT2D eigenvalue weighted by Crippen LogP contribution is 2.48. The largest absolute Gasteiger partial charge is 0.481 e. The molecule has 1 N–H and O–H groups in total. The van der Waals surface area contributed by atoms with Gasteiger partial charge < -0.3 is 19.5 Å². The van der Waals surface area contributed by atoms with Crippen molar-refractivity contribution >= 4 is 46.0 Å². The molecular weight excluding hydrogens is 530 g/mol. The van der Waals surface area contributed by atoms with Crippen LogP contribution in [0.1, 0.15) is 57.2 Å². The average Bonchev–Trinajstić information content (AvgIpc) is 3.36. The SMILES string of the molecule is CC(C)(CC(=O)O)C(=O)N1CCC2(CC1)C(=O)N(Cc1cc3cc(Cl)ccc3n1CCCC#N)c1cnccc12. The van der Waals surface area contributed by atoms with Gasteiger partial charge in [-0.15, -0.1) is 0 Å². The predicted octanol–water partition coefficient (Wildman–Crippen LogP) is 4.90. The smallest absolute Gasteiger partial charge is 0.304 e. The zero-order valence-electron chi connectivity index (χ0n) is 22.7. The van der Waals surface area contributed by atoms with Gasteiger partial charge in [-0.2, -0.15) is 5.26 Å². The van der Waals surface area contributed by atoms with Gasteiger partial charge in [-0.3, -0.25) is 19.4 Å². The van der Waals surface area contributed by atoms with Gasteiger partial charge in [-0.05, 0) is 55.2 Å². The number of nitrogens with zero attached hydrogens (tertiary/aromatic N) is 5. The number of amides is 2. The summed E-state index contributed by atoms with van der Waals surface area (Å²) < 4.78 is 2.16. The molecule has 1 saturated heterocycles. The van der Waals surface area contributed by atoms with E-state index in [-0.39, 0.29) is 18.2 Å². The minimum Gasteiger partial charge on any atom is -0.481 e. The number of carboxylic acid groups (broad SMARTS) is 1. The van der Waals surface area contributed by atoms with Crippen LogP contribution in [-0.2, 0) is 32.9 Å².